The van der Waals surface area contributed by atoms with Crippen molar-refractivity contribution in [1.29, 1.82) is 0 Å². The number of carboxylic acids is 1. The average molecular weight is 379 g/mol. The summed E-state index contributed by atoms with van der Waals surface area (Å²) >= 11 is 0. The van der Waals surface area contributed by atoms with Gasteiger partial charge in [-0.1, -0.05) is 0 Å². The van der Waals surface area contributed by atoms with Gasteiger partial charge in [0, 0.05) is 36.7 Å². The largest absolute Gasteiger partial charge is 0.480 e. The highest BCUT2D eigenvalue weighted by molar-refractivity contribution is 5.97. The fourth-order valence-electron chi connectivity index (χ4n) is 3.15. The molecule has 10 heteroatoms. The highest BCUT2D eigenvalue weighted by atomic mass is 16.4. The molecule has 0 aliphatic carbocycles. The minimum atomic E-state index is -1.06. The Bertz CT molecular complexity index is 961. The third-order valence-corrected chi connectivity index (χ3v) is 4.59. The molecule has 0 spiro atoms. The van der Waals surface area contributed by atoms with E-state index in [2.05, 4.69) is 20.2 Å². The Morgan fingerprint density at radius 3 is 2.32 bits per heavy atom. The van der Waals surface area contributed by atoms with Crippen LogP contribution >= 0.6 is 0 Å². The Morgan fingerprint density at radius 2 is 1.68 bits per heavy atom. The predicted molar refractivity (Wildman–Crippen MR) is 98.1 cm³/mol. The van der Waals surface area contributed by atoms with Gasteiger partial charge in [-0.15, -0.1) is 10.2 Å². The molecule has 142 valence electrons. The van der Waals surface area contributed by atoms with Crippen molar-refractivity contribution in [2.24, 2.45) is 0 Å². The third-order valence-electron chi connectivity index (χ3n) is 4.59. The smallest absolute Gasteiger partial charge is 0.328 e. The number of hydrogen-bond acceptors (Lipinski definition) is 7. The second-order valence-corrected chi connectivity index (χ2v) is 6.26. The van der Waals surface area contributed by atoms with Crippen LogP contribution in [0.15, 0.2) is 55.4 Å². The summed E-state index contributed by atoms with van der Waals surface area (Å²) in [5.41, 5.74) is 1.23. The fourth-order valence-corrected chi connectivity index (χ4v) is 3.15. The number of carbonyl (C=O) groups excluding carboxylic acids is 1. The van der Waals surface area contributed by atoms with Crippen LogP contribution in [0.25, 0.3) is 5.69 Å². The zero-order chi connectivity index (χ0) is 19.5. The highest BCUT2D eigenvalue weighted by Gasteiger charge is 2.36. The van der Waals surface area contributed by atoms with Crippen molar-refractivity contribution in [2.75, 3.05) is 24.5 Å². The molecule has 3 heterocycles. The van der Waals surface area contributed by atoms with Crippen molar-refractivity contribution in [2.45, 2.75) is 6.04 Å². The third kappa shape index (κ3) is 3.39. The molecule has 0 saturated carbocycles. The van der Waals surface area contributed by atoms with Crippen LogP contribution in [0.1, 0.15) is 10.4 Å². The first-order valence-electron chi connectivity index (χ1n) is 8.64. The second kappa shape index (κ2) is 7.43. The number of aromatic nitrogens is 5. The Labute approximate surface area is 160 Å². The number of amides is 1. The topological polar surface area (TPSA) is 117 Å². The van der Waals surface area contributed by atoms with Gasteiger partial charge in [0.25, 0.3) is 5.91 Å². The van der Waals surface area contributed by atoms with Gasteiger partial charge in [0.1, 0.15) is 18.7 Å². The molecule has 1 aliphatic heterocycles. The highest BCUT2D eigenvalue weighted by Crippen LogP contribution is 2.19. The standard InChI is InChI=1S/C18H17N7O3/c26-16(13-2-4-14(5-3-13)24-11-21-22-12-24)25-9-8-23(10-15(25)17(27)28)18-19-6-1-7-20-18/h1-7,11-12,15H,8-10H2,(H,27,28)/t15-/m1/s1. The van der Waals surface area contributed by atoms with E-state index in [1.807, 2.05) is 0 Å². The molecule has 1 aromatic carbocycles. The lowest BCUT2D eigenvalue weighted by Crippen LogP contribution is -2.58. The Kier molecular flexibility index (Phi) is 4.67. The number of anilines is 1. The summed E-state index contributed by atoms with van der Waals surface area (Å²) in [6.07, 6.45) is 6.32. The molecule has 0 radical (unpaired) electrons. The van der Waals surface area contributed by atoms with Crippen molar-refractivity contribution in [3.05, 3.63) is 60.9 Å². The number of hydrogen-bond donors (Lipinski definition) is 1. The predicted octanol–water partition coefficient (Wildman–Crippen LogP) is 0.473. The van der Waals surface area contributed by atoms with E-state index >= 15 is 0 Å². The minimum absolute atomic E-state index is 0.129. The number of carbonyl (C=O) groups is 2. The van der Waals surface area contributed by atoms with Gasteiger partial charge in [0.2, 0.25) is 5.95 Å². The first kappa shape index (κ1) is 17.6. The molecule has 0 unspecified atom stereocenters. The van der Waals surface area contributed by atoms with Gasteiger partial charge in [-0.25, -0.2) is 14.8 Å². The molecule has 28 heavy (non-hydrogen) atoms. The molecule has 2 aromatic heterocycles. The van der Waals surface area contributed by atoms with E-state index in [1.54, 1.807) is 64.8 Å². The van der Waals surface area contributed by atoms with Crippen LogP contribution in [-0.4, -0.2) is 72.3 Å². The Hall–Kier alpha value is -3.82. The molecule has 0 bridgehead atoms. The van der Waals surface area contributed by atoms with Crippen LogP contribution in [-0.2, 0) is 4.79 Å². The number of nitrogens with zero attached hydrogens (tertiary/aromatic N) is 7. The Balaban J connectivity index is 1.52. The van der Waals surface area contributed by atoms with Gasteiger partial charge in [-0.3, -0.25) is 9.36 Å². The molecule has 1 atom stereocenters. The van der Waals surface area contributed by atoms with E-state index in [0.717, 1.165) is 5.69 Å². The number of rotatable bonds is 4. The lowest BCUT2D eigenvalue weighted by Gasteiger charge is -2.39. The molecule has 3 aromatic rings. The molecule has 1 fully saturated rings. The first-order chi connectivity index (χ1) is 13.6. The van der Waals surface area contributed by atoms with Crippen LogP contribution in [0, 0.1) is 0 Å². The van der Waals surface area contributed by atoms with Gasteiger partial charge < -0.3 is 14.9 Å². The molecule has 1 amide bonds. The van der Waals surface area contributed by atoms with Crippen LogP contribution in [0.4, 0.5) is 5.95 Å². The van der Waals surface area contributed by atoms with Gasteiger partial charge in [0.05, 0.1) is 6.54 Å². The van der Waals surface area contributed by atoms with Crippen molar-refractivity contribution >= 4 is 17.8 Å². The summed E-state index contributed by atoms with van der Waals surface area (Å²) in [4.78, 5) is 36.2. The first-order valence-corrected chi connectivity index (χ1v) is 8.64. The van der Waals surface area contributed by atoms with Crippen LogP contribution in [0.3, 0.4) is 0 Å². The zero-order valence-electron chi connectivity index (χ0n) is 14.8. The lowest BCUT2D eigenvalue weighted by atomic mass is 10.1. The van der Waals surface area contributed by atoms with E-state index in [0.29, 0.717) is 18.1 Å². The van der Waals surface area contributed by atoms with Gasteiger partial charge in [0.15, 0.2) is 0 Å². The van der Waals surface area contributed by atoms with E-state index in [-0.39, 0.29) is 19.0 Å². The quantitative estimate of drug-likeness (QED) is 0.695. The maximum Gasteiger partial charge on any atom is 0.328 e. The molecule has 1 saturated heterocycles. The zero-order valence-corrected chi connectivity index (χ0v) is 14.8. The number of benzene rings is 1. The van der Waals surface area contributed by atoms with Crippen molar-refractivity contribution in [3.63, 3.8) is 0 Å². The maximum absolute atomic E-state index is 12.9. The van der Waals surface area contributed by atoms with Gasteiger partial charge >= 0.3 is 5.97 Å². The van der Waals surface area contributed by atoms with E-state index in [9.17, 15) is 14.7 Å². The van der Waals surface area contributed by atoms with E-state index in [4.69, 9.17) is 0 Å². The van der Waals surface area contributed by atoms with Gasteiger partial charge in [-0.2, -0.15) is 0 Å². The normalized spacial score (nSPS) is 16.8. The molecule has 4 rings (SSSR count). The average Bonchev–Trinajstić information content (AvgIpc) is 3.28. The summed E-state index contributed by atoms with van der Waals surface area (Å²) in [6, 6.07) is 7.58. The molecular formula is C18H17N7O3. The lowest BCUT2D eigenvalue weighted by molar-refractivity contribution is -0.142. The monoisotopic (exact) mass is 379 g/mol. The van der Waals surface area contributed by atoms with Crippen LogP contribution < -0.4 is 4.90 Å². The van der Waals surface area contributed by atoms with E-state index in [1.165, 1.54) is 4.90 Å². The summed E-state index contributed by atoms with van der Waals surface area (Å²) < 4.78 is 1.72. The van der Waals surface area contributed by atoms with E-state index < -0.39 is 12.0 Å². The van der Waals surface area contributed by atoms with Crippen molar-refractivity contribution < 1.29 is 14.7 Å². The number of piperazine rings is 1. The SMILES string of the molecule is O=C(O)[C@H]1CN(c2ncccn2)CCN1C(=O)c1ccc(-n2cnnc2)cc1. The van der Waals surface area contributed by atoms with Crippen molar-refractivity contribution in [1.82, 2.24) is 29.6 Å². The molecule has 1 aliphatic rings. The van der Waals surface area contributed by atoms with Crippen LogP contribution in [0.2, 0.25) is 0 Å². The number of aliphatic carboxylic acids is 1. The minimum Gasteiger partial charge on any atom is -0.480 e. The Morgan fingerprint density at radius 1 is 1.00 bits per heavy atom. The molecule has 1 N–H and O–H groups in total. The van der Waals surface area contributed by atoms with Crippen LogP contribution in [0.5, 0.6) is 0 Å². The second-order valence-electron chi connectivity index (χ2n) is 6.26. The summed E-state index contributed by atoms with van der Waals surface area (Å²) in [7, 11) is 0. The van der Waals surface area contributed by atoms with Crippen molar-refractivity contribution in [3.8, 4) is 5.69 Å². The summed E-state index contributed by atoms with van der Waals surface area (Å²) in [6.45, 7) is 0.851. The van der Waals surface area contributed by atoms with Gasteiger partial charge in [-0.05, 0) is 30.3 Å². The molecule has 10 nitrogen and oxygen atoms in total. The maximum atomic E-state index is 12.9. The summed E-state index contributed by atoms with van der Waals surface area (Å²) in [5.74, 6) is -0.925. The summed E-state index contributed by atoms with van der Waals surface area (Å²) in [5, 5.41) is 17.2. The fraction of sp³-hybridized carbons (Fsp3) is 0.222. The molecular weight excluding hydrogens is 362 g/mol. The number of carboxylic acid groups (broad SMARTS) is 1.